The van der Waals surface area contributed by atoms with Gasteiger partial charge < -0.3 is 15.0 Å². The summed E-state index contributed by atoms with van der Waals surface area (Å²) in [5.41, 5.74) is 0.613. The second kappa shape index (κ2) is 9.67. The van der Waals surface area contributed by atoms with E-state index in [0.29, 0.717) is 31.2 Å². The number of imide groups is 2. The number of rotatable bonds is 7. The first-order valence-corrected chi connectivity index (χ1v) is 12.1. The van der Waals surface area contributed by atoms with Gasteiger partial charge in [0.1, 0.15) is 11.6 Å². The number of benzene rings is 1. The van der Waals surface area contributed by atoms with Crippen LogP contribution in [0.4, 0.5) is 10.5 Å². The van der Waals surface area contributed by atoms with E-state index in [1.54, 1.807) is 23.1 Å². The lowest BCUT2D eigenvalue weighted by atomic mass is 9.94. The molecule has 0 saturated carbocycles. The van der Waals surface area contributed by atoms with Crippen molar-refractivity contribution < 1.29 is 28.7 Å². The van der Waals surface area contributed by atoms with Gasteiger partial charge in [-0.05, 0) is 58.1 Å². The summed E-state index contributed by atoms with van der Waals surface area (Å²) in [5.74, 6) is -1.58. The summed E-state index contributed by atoms with van der Waals surface area (Å²) in [6.45, 7) is 7.61. The highest BCUT2D eigenvalue weighted by atomic mass is 16.6. The molecular weight excluding hydrogens is 452 g/mol. The van der Waals surface area contributed by atoms with Crippen LogP contribution in [-0.4, -0.2) is 70.8 Å². The molecule has 1 unspecified atom stereocenters. The predicted molar refractivity (Wildman–Crippen MR) is 127 cm³/mol. The van der Waals surface area contributed by atoms with E-state index in [9.17, 15) is 24.0 Å². The summed E-state index contributed by atoms with van der Waals surface area (Å²) in [6.07, 6.45) is 2.78. The Morgan fingerprint density at radius 3 is 2.54 bits per heavy atom. The molecule has 3 aliphatic heterocycles. The second-order valence-electron chi connectivity index (χ2n) is 10.3. The number of nitrogens with zero attached hydrogens (tertiary/aromatic N) is 2. The van der Waals surface area contributed by atoms with Crippen molar-refractivity contribution in [3.63, 3.8) is 0 Å². The SMILES string of the molecule is CC(C)(C)OC(=O)N1CC(CCCCNc2cccc3c2C(=O)N(C2CCC(=O)NC2=O)C3=O)C1. The standard InChI is InChI=1S/C25H32N4O6/c1-25(2,3)35-24(34)28-13-15(14-28)7-4-5-12-26-17-9-6-8-16-20(17)23(33)29(22(16)32)18-10-11-19(30)27-21(18)31/h6,8-9,15,18,26H,4-5,7,10-14H2,1-3H3,(H,27,30,31). The predicted octanol–water partition coefficient (Wildman–Crippen LogP) is 2.54. The van der Waals surface area contributed by atoms with Crippen LogP contribution in [0.3, 0.4) is 0 Å². The third-order valence-corrected chi connectivity index (χ3v) is 6.43. The van der Waals surface area contributed by atoms with Crippen molar-refractivity contribution in [2.45, 2.75) is 64.5 Å². The average Bonchev–Trinajstić information content (AvgIpc) is 2.99. The summed E-state index contributed by atoms with van der Waals surface area (Å²) < 4.78 is 5.38. The van der Waals surface area contributed by atoms with Gasteiger partial charge in [-0.25, -0.2) is 4.79 Å². The largest absolute Gasteiger partial charge is 0.444 e. The number of fused-ring (bicyclic) bond motifs is 1. The van der Waals surface area contributed by atoms with Crippen LogP contribution in [0.1, 0.15) is 73.6 Å². The summed E-state index contributed by atoms with van der Waals surface area (Å²) in [4.78, 5) is 64.4. The Hall–Kier alpha value is -3.43. The van der Waals surface area contributed by atoms with E-state index >= 15 is 0 Å². The highest BCUT2D eigenvalue weighted by molar-refractivity contribution is 6.25. The van der Waals surface area contributed by atoms with Crippen LogP contribution in [-0.2, 0) is 14.3 Å². The maximum absolute atomic E-state index is 13.1. The molecule has 2 N–H and O–H groups in total. The van der Waals surface area contributed by atoms with Gasteiger partial charge in [-0.1, -0.05) is 12.5 Å². The number of piperidine rings is 1. The molecule has 0 aliphatic carbocycles. The number of hydrogen-bond acceptors (Lipinski definition) is 7. The zero-order chi connectivity index (χ0) is 25.3. The lowest BCUT2D eigenvalue weighted by molar-refractivity contribution is -0.136. The first kappa shape index (κ1) is 24.7. The molecule has 10 heteroatoms. The average molecular weight is 485 g/mol. The lowest BCUT2D eigenvalue weighted by Gasteiger charge is -2.39. The Labute approximate surface area is 204 Å². The molecule has 1 aromatic rings. The van der Waals surface area contributed by atoms with E-state index in [1.807, 2.05) is 20.8 Å². The Morgan fingerprint density at radius 2 is 1.86 bits per heavy atom. The van der Waals surface area contributed by atoms with Crippen molar-refractivity contribution in [3.8, 4) is 0 Å². The van der Waals surface area contributed by atoms with Gasteiger partial charge in [0.2, 0.25) is 11.8 Å². The Balaban J connectivity index is 1.25. The third-order valence-electron chi connectivity index (χ3n) is 6.43. The quantitative estimate of drug-likeness (QED) is 0.450. The zero-order valence-electron chi connectivity index (χ0n) is 20.4. The van der Waals surface area contributed by atoms with Crippen molar-refractivity contribution in [2.24, 2.45) is 5.92 Å². The minimum Gasteiger partial charge on any atom is -0.444 e. The molecule has 10 nitrogen and oxygen atoms in total. The van der Waals surface area contributed by atoms with Crippen molar-refractivity contribution >= 4 is 35.4 Å². The summed E-state index contributed by atoms with van der Waals surface area (Å²) >= 11 is 0. The monoisotopic (exact) mass is 484 g/mol. The van der Waals surface area contributed by atoms with Crippen LogP contribution in [0.5, 0.6) is 0 Å². The fourth-order valence-corrected chi connectivity index (χ4v) is 4.67. The smallest absolute Gasteiger partial charge is 0.410 e. The minimum absolute atomic E-state index is 0.0887. The molecule has 2 fully saturated rings. The van der Waals surface area contributed by atoms with E-state index in [2.05, 4.69) is 10.6 Å². The van der Waals surface area contributed by atoms with Gasteiger partial charge in [-0.3, -0.25) is 29.4 Å². The molecule has 35 heavy (non-hydrogen) atoms. The Morgan fingerprint density at radius 1 is 1.11 bits per heavy atom. The fraction of sp³-hybridized carbons (Fsp3) is 0.560. The van der Waals surface area contributed by atoms with Gasteiger partial charge in [0.15, 0.2) is 0 Å². The number of likely N-dealkylation sites (tertiary alicyclic amines) is 1. The topological polar surface area (TPSA) is 125 Å². The summed E-state index contributed by atoms with van der Waals surface area (Å²) in [5, 5.41) is 5.47. The molecule has 1 aromatic carbocycles. The zero-order valence-corrected chi connectivity index (χ0v) is 20.4. The van der Waals surface area contributed by atoms with Crippen molar-refractivity contribution in [1.29, 1.82) is 0 Å². The highest BCUT2D eigenvalue weighted by Crippen LogP contribution is 2.32. The van der Waals surface area contributed by atoms with Crippen LogP contribution >= 0.6 is 0 Å². The Kier molecular flexibility index (Phi) is 6.82. The van der Waals surface area contributed by atoms with E-state index < -0.39 is 35.3 Å². The molecule has 188 valence electrons. The van der Waals surface area contributed by atoms with Crippen molar-refractivity contribution in [3.05, 3.63) is 29.3 Å². The number of hydrogen-bond donors (Lipinski definition) is 2. The van der Waals surface area contributed by atoms with Crippen LogP contribution in [0.15, 0.2) is 18.2 Å². The molecule has 3 heterocycles. The van der Waals surface area contributed by atoms with Gasteiger partial charge in [-0.2, -0.15) is 0 Å². The molecule has 0 radical (unpaired) electrons. The third kappa shape index (κ3) is 5.31. The first-order chi connectivity index (χ1) is 16.5. The number of carbonyl (C=O) groups is 5. The molecule has 1 atom stereocenters. The maximum Gasteiger partial charge on any atom is 0.410 e. The molecule has 0 bridgehead atoms. The number of ether oxygens (including phenoxy) is 1. The van der Waals surface area contributed by atoms with E-state index in [4.69, 9.17) is 4.74 Å². The van der Waals surface area contributed by atoms with Gasteiger partial charge in [0.05, 0.1) is 11.1 Å². The van der Waals surface area contributed by atoms with Crippen LogP contribution in [0, 0.1) is 5.92 Å². The molecule has 5 amide bonds. The maximum atomic E-state index is 13.1. The van der Waals surface area contributed by atoms with Crippen LogP contribution in [0.25, 0.3) is 0 Å². The molecule has 0 spiro atoms. The van der Waals surface area contributed by atoms with E-state index in [1.165, 1.54) is 0 Å². The molecular formula is C25H32N4O6. The minimum atomic E-state index is -0.976. The molecule has 3 aliphatic rings. The van der Waals surface area contributed by atoms with Gasteiger partial charge in [0, 0.05) is 31.7 Å². The number of unbranched alkanes of at least 4 members (excludes halogenated alkanes) is 1. The normalized spacial score (nSPS) is 20.5. The first-order valence-electron chi connectivity index (χ1n) is 12.1. The summed E-state index contributed by atoms with van der Waals surface area (Å²) in [7, 11) is 0. The fourth-order valence-electron chi connectivity index (χ4n) is 4.67. The van der Waals surface area contributed by atoms with Gasteiger partial charge in [-0.15, -0.1) is 0 Å². The number of carbonyl (C=O) groups excluding carboxylic acids is 5. The molecule has 2 saturated heterocycles. The molecule has 0 aromatic heterocycles. The van der Waals surface area contributed by atoms with E-state index in [0.717, 1.165) is 24.2 Å². The summed E-state index contributed by atoms with van der Waals surface area (Å²) in [6, 6.07) is 4.07. The number of amides is 5. The number of anilines is 1. The van der Waals surface area contributed by atoms with E-state index in [-0.39, 0.29) is 30.1 Å². The van der Waals surface area contributed by atoms with Crippen LogP contribution in [0.2, 0.25) is 0 Å². The Bertz CT molecular complexity index is 1060. The van der Waals surface area contributed by atoms with Crippen molar-refractivity contribution in [2.75, 3.05) is 25.0 Å². The molecule has 4 rings (SSSR count). The van der Waals surface area contributed by atoms with Gasteiger partial charge in [0.25, 0.3) is 11.8 Å². The second-order valence-corrected chi connectivity index (χ2v) is 10.3. The van der Waals surface area contributed by atoms with Gasteiger partial charge >= 0.3 is 6.09 Å². The lowest BCUT2D eigenvalue weighted by Crippen LogP contribution is -2.54. The highest BCUT2D eigenvalue weighted by Gasteiger charge is 2.45. The van der Waals surface area contributed by atoms with Crippen molar-refractivity contribution in [1.82, 2.24) is 15.1 Å². The number of nitrogens with one attached hydrogen (secondary N) is 2. The van der Waals surface area contributed by atoms with Crippen LogP contribution < -0.4 is 10.6 Å².